The fraction of sp³-hybridized carbons (Fsp3) is 0.429. The standard InChI is InChI=1S/C28H32N6O9S/c29-25(12-26(35)42-16-18-1-5-21(6-2-18)33(38)39)30-13-20-9-10-31(14-20)27(36)24-11-23(44)15-32(24)28(37)43-17-19-3-7-22(8-4-19)34(40)41/h1-8,20,23-24,44H,9-17H2,(H2,29,30)/t20-,23+,24+/m1/s1. The zero-order valence-corrected chi connectivity index (χ0v) is 24.5. The molecule has 4 rings (SSSR count). The molecule has 2 aromatic carbocycles. The lowest BCUT2D eigenvalue weighted by atomic mass is 10.1. The number of nitrogens with two attached hydrogens (primary N) is 1. The van der Waals surface area contributed by atoms with Gasteiger partial charge in [0.1, 0.15) is 31.5 Å². The van der Waals surface area contributed by atoms with Gasteiger partial charge in [0.15, 0.2) is 0 Å². The summed E-state index contributed by atoms with van der Waals surface area (Å²) in [5, 5.41) is 21.4. The molecule has 2 saturated heterocycles. The fourth-order valence-electron chi connectivity index (χ4n) is 4.96. The number of thiol groups is 1. The molecule has 0 aromatic heterocycles. The molecule has 44 heavy (non-hydrogen) atoms. The van der Waals surface area contributed by atoms with Crippen molar-refractivity contribution in [2.45, 2.75) is 43.8 Å². The van der Waals surface area contributed by atoms with Gasteiger partial charge in [0.2, 0.25) is 5.91 Å². The van der Waals surface area contributed by atoms with E-state index in [9.17, 15) is 34.6 Å². The second-order valence-electron chi connectivity index (χ2n) is 10.6. The van der Waals surface area contributed by atoms with E-state index >= 15 is 0 Å². The van der Waals surface area contributed by atoms with Gasteiger partial charge in [-0.2, -0.15) is 12.6 Å². The second kappa shape index (κ2) is 14.6. The predicted octanol–water partition coefficient (Wildman–Crippen LogP) is 2.85. The van der Waals surface area contributed by atoms with Crippen LogP contribution in [-0.2, 0) is 32.3 Å². The van der Waals surface area contributed by atoms with E-state index in [1.807, 2.05) is 0 Å². The first-order chi connectivity index (χ1) is 21.0. The second-order valence-corrected chi connectivity index (χ2v) is 11.3. The number of esters is 1. The summed E-state index contributed by atoms with van der Waals surface area (Å²) in [6, 6.07) is 10.6. The Kier molecular flexibility index (Phi) is 10.7. The number of carbonyl (C=O) groups is 3. The van der Waals surface area contributed by atoms with E-state index < -0.39 is 28.0 Å². The van der Waals surface area contributed by atoms with Crippen LogP contribution < -0.4 is 5.73 Å². The number of aliphatic imine (C=N–C) groups is 1. The van der Waals surface area contributed by atoms with Crippen molar-refractivity contribution in [3.63, 3.8) is 0 Å². The lowest BCUT2D eigenvalue weighted by Gasteiger charge is -2.27. The Morgan fingerprint density at radius 1 is 0.932 bits per heavy atom. The van der Waals surface area contributed by atoms with E-state index in [1.165, 1.54) is 53.4 Å². The maximum atomic E-state index is 13.4. The minimum absolute atomic E-state index is 0.0179. The number of carbonyl (C=O) groups excluding carboxylic acids is 3. The smallest absolute Gasteiger partial charge is 0.410 e. The summed E-state index contributed by atoms with van der Waals surface area (Å²) < 4.78 is 10.6. The highest BCUT2D eigenvalue weighted by atomic mass is 32.1. The molecule has 3 atom stereocenters. The Hall–Kier alpha value is -4.73. The van der Waals surface area contributed by atoms with Gasteiger partial charge in [-0.3, -0.25) is 39.7 Å². The Morgan fingerprint density at radius 2 is 1.50 bits per heavy atom. The SMILES string of the molecule is NC(CC(=O)OCc1ccc([N+](=O)[O-])cc1)=NC[C@H]1CCN(C(=O)[C@@H]2C[C@H](S)CN2C(=O)OCc2ccc([N+](=O)[O-])cc2)C1. The van der Waals surface area contributed by atoms with Gasteiger partial charge in [0.25, 0.3) is 11.4 Å². The first-order valence-electron chi connectivity index (χ1n) is 13.8. The number of amides is 2. The van der Waals surface area contributed by atoms with Gasteiger partial charge in [-0.1, -0.05) is 0 Å². The molecule has 16 heteroatoms. The number of nitrogens with zero attached hydrogens (tertiary/aromatic N) is 5. The molecule has 2 fully saturated rings. The van der Waals surface area contributed by atoms with Gasteiger partial charge in [-0.15, -0.1) is 0 Å². The van der Waals surface area contributed by atoms with Crippen molar-refractivity contribution in [3.8, 4) is 0 Å². The topological polar surface area (TPSA) is 201 Å². The Bertz CT molecular complexity index is 1420. The number of amidine groups is 1. The van der Waals surface area contributed by atoms with Crippen molar-refractivity contribution in [2.24, 2.45) is 16.6 Å². The fourth-order valence-corrected chi connectivity index (χ4v) is 5.34. The summed E-state index contributed by atoms with van der Waals surface area (Å²) in [6.07, 6.45) is 0.175. The van der Waals surface area contributed by atoms with E-state index in [0.717, 1.165) is 0 Å². The minimum atomic E-state index is -0.722. The lowest BCUT2D eigenvalue weighted by molar-refractivity contribution is -0.385. The zero-order valence-electron chi connectivity index (χ0n) is 23.6. The number of rotatable bonds is 11. The molecular formula is C28H32N6O9S. The molecule has 0 bridgehead atoms. The third kappa shape index (κ3) is 8.65. The molecule has 2 aliphatic rings. The van der Waals surface area contributed by atoms with Gasteiger partial charge in [0.05, 0.1) is 9.85 Å². The number of nitro groups is 2. The average molecular weight is 629 g/mol. The average Bonchev–Trinajstić information content (AvgIpc) is 3.64. The van der Waals surface area contributed by atoms with Crippen molar-refractivity contribution in [3.05, 3.63) is 79.9 Å². The van der Waals surface area contributed by atoms with E-state index in [2.05, 4.69) is 17.6 Å². The normalized spacial score (nSPS) is 19.9. The van der Waals surface area contributed by atoms with Crippen molar-refractivity contribution in [1.29, 1.82) is 0 Å². The molecule has 2 N–H and O–H groups in total. The third-order valence-electron chi connectivity index (χ3n) is 7.33. The van der Waals surface area contributed by atoms with Crippen LogP contribution in [0.2, 0.25) is 0 Å². The summed E-state index contributed by atoms with van der Waals surface area (Å²) in [6.45, 7) is 1.30. The summed E-state index contributed by atoms with van der Waals surface area (Å²) in [5.74, 6) is -0.678. The molecule has 2 aromatic rings. The van der Waals surface area contributed by atoms with E-state index in [1.54, 1.807) is 4.90 Å². The van der Waals surface area contributed by atoms with Crippen LogP contribution in [0.4, 0.5) is 16.2 Å². The quantitative estimate of drug-likeness (QED) is 0.0931. The predicted molar refractivity (Wildman–Crippen MR) is 160 cm³/mol. The van der Waals surface area contributed by atoms with Gasteiger partial charge < -0.3 is 20.1 Å². The number of ether oxygens (including phenoxy) is 2. The molecule has 0 aliphatic carbocycles. The maximum Gasteiger partial charge on any atom is 0.410 e. The highest BCUT2D eigenvalue weighted by Gasteiger charge is 2.42. The van der Waals surface area contributed by atoms with Gasteiger partial charge in [0, 0.05) is 55.7 Å². The molecule has 0 unspecified atom stereocenters. The van der Waals surface area contributed by atoms with Crippen LogP contribution in [0.15, 0.2) is 53.5 Å². The summed E-state index contributed by atoms with van der Waals surface area (Å²) >= 11 is 4.48. The third-order valence-corrected chi connectivity index (χ3v) is 7.70. The number of benzene rings is 2. The van der Waals surface area contributed by atoms with Crippen LogP contribution in [0.25, 0.3) is 0 Å². The highest BCUT2D eigenvalue weighted by Crippen LogP contribution is 2.27. The largest absolute Gasteiger partial charge is 0.460 e. The molecule has 234 valence electrons. The zero-order chi connectivity index (χ0) is 31.8. The summed E-state index contributed by atoms with van der Waals surface area (Å²) in [7, 11) is 0. The van der Waals surface area contributed by atoms with Crippen molar-refractivity contribution < 1.29 is 33.7 Å². The number of hydrogen-bond acceptors (Lipinski definition) is 11. The Labute approximate surface area is 257 Å². The van der Waals surface area contributed by atoms with Crippen LogP contribution in [0, 0.1) is 26.1 Å². The van der Waals surface area contributed by atoms with Gasteiger partial charge in [-0.25, -0.2) is 4.79 Å². The first kappa shape index (κ1) is 32.2. The summed E-state index contributed by atoms with van der Waals surface area (Å²) in [5.41, 5.74) is 6.97. The molecule has 0 saturated carbocycles. The van der Waals surface area contributed by atoms with E-state index in [-0.39, 0.29) is 60.5 Å². The molecule has 2 heterocycles. The van der Waals surface area contributed by atoms with Crippen LogP contribution >= 0.6 is 12.6 Å². The van der Waals surface area contributed by atoms with Crippen LogP contribution in [0.1, 0.15) is 30.4 Å². The number of likely N-dealkylation sites (tertiary alicyclic amines) is 2. The van der Waals surface area contributed by atoms with E-state index in [0.29, 0.717) is 43.6 Å². The first-order valence-corrected chi connectivity index (χ1v) is 14.3. The molecule has 0 spiro atoms. The number of non-ortho nitro benzene ring substituents is 2. The number of nitro benzene ring substituents is 2. The molecule has 0 radical (unpaired) electrons. The molecule has 2 aliphatic heterocycles. The Balaban J connectivity index is 1.22. The minimum Gasteiger partial charge on any atom is -0.460 e. The van der Waals surface area contributed by atoms with Crippen LogP contribution in [-0.4, -0.2) is 80.9 Å². The van der Waals surface area contributed by atoms with E-state index in [4.69, 9.17) is 15.2 Å². The molecule has 15 nitrogen and oxygen atoms in total. The van der Waals surface area contributed by atoms with Crippen molar-refractivity contribution in [2.75, 3.05) is 26.2 Å². The molecular weight excluding hydrogens is 596 g/mol. The van der Waals surface area contributed by atoms with Crippen molar-refractivity contribution >= 4 is 47.8 Å². The highest BCUT2D eigenvalue weighted by molar-refractivity contribution is 7.81. The van der Waals surface area contributed by atoms with Gasteiger partial charge >= 0.3 is 12.1 Å². The Morgan fingerprint density at radius 3 is 2.07 bits per heavy atom. The van der Waals surface area contributed by atoms with Gasteiger partial charge in [-0.05, 0) is 54.2 Å². The van der Waals surface area contributed by atoms with Crippen LogP contribution in [0.5, 0.6) is 0 Å². The monoisotopic (exact) mass is 628 g/mol. The van der Waals surface area contributed by atoms with Crippen LogP contribution in [0.3, 0.4) is 0 Å². The number of hydrogen-bond donors (Lipinski definition) is 2. The van der Waals surface area contributed by atoms with Crippen molar-refractivity contribution in [1.82, 2.24) is 9.80 Å². The maximum absolute atomic E-state index is 13.4. The summed E-state index contributed by atoms with van der Waals surface area (Å²) in [4.78, 5) is 66.3. The molecule has 2 amide bonds. The lowest BCUT2D eigenvalue weighted by Crippen LogP contribution is -2.47.